The highest BCUT2D eigenvalue weighted by Crippen LogP contribution is 2.25. The lowest BCUT2D eigenvalue weighted by molar-refractivity contribution is 0.588. The quantitative estimate of drug-likeness (QED) is 0.697. The van der Waals surface area contributed by atoms with Crippen molar-refractivity contribution in [2.45, 2.75) is 11.8 Å². The van der Waals surface area contributed by atoms with Crippen molar-refractivity contribution >= 4 is 26.0 Å². The van der Waals surface area contributed by atoms with Crippen LogP contribution < -0.4 is 0 Å². The molecule has 6 heteroatoms. The number of halogens is 1. The Hall–Kier alpha value is -1.92. The maximum absolute atomic E-state index is 12.8. The van der Waals surface area contributed by atoms with E-state index in [4.69, 9.17) is 0 Å². The van der Waals surface area contributed by atoms with Gasteiger partial charge in [0.1, 0.15) is 0 Å². The van der Waals surface area contributed by atoms with Crippen LogP contribution >= 0.6 is 15.9 Å². The van der Waals surface area contributed by atoms with E-state index < -0.39 is 10.0 Å². The van der Waals surface area contributed by atoms with Gasteiger partial charge in [-0.05, 0) is 31.2 Å². The van der Waals surface area contributed by atoms with Gasteiger partial charge in [-0.25, -0.2) is 17.4 Å². The second-order valence-corrected chi connectivity index (χ2v) is 7.61. The molecular weight excluding hydrogens is 364 g/mol. The number of aromatic nitrogens is 2. The SMILES string of the molecule is Cc1ccc(S(=O)(=O)n2ccnc2-c2cccc(Br)c2)cc1. The van der Waals surface area contributed by atoms with Gasteiger partial charge in [-0.15, -0.1) is 0 Å². The second-order valence-electron chi connectivity index (χ2n) is 4.88. The van der Waals surface area contributed by atoms with Gasteiger partial charge in [0, 0.05) is 22.4 Å². The Balaban J connectivity index is 2.14. The monoisotopic (exact) mass is 376 g/mol. The number of rotatable bonds is 3. The fraction of sp³-hybridized carbons (Fsp3) is 0.0625. The highest BCUT2D eigenvalue weighted by molar-refractivity contribution is 9.10. The largest absolute Gasteiger partial charge is 0.269 e. The summed E-state index contributed by atoms with van der Waals surface area (Å²) in [6.07, 6.45) is 2.95. The van der Waals surface area contributed by atoms with E-state index in [0.29, 0.717) is 5.82 Å². The predicted molar refractivity (Wildman–Crippen MR) is 89.1 cm³/mol. The molecule has 0 saturated carbocycles. The lowest BCUT2D eigenvalue weighted by Gasteiger charge is -2.10. The Bertz CT molecular complexity index is 915. The standard InChI is InChI=1S/C16H13BrN2O2S/c1-12-5-7-15(8-6-12)22(20,21)19-10-9-18-16(19)13-3-2-4-14(17)11-13/h2-11H,1H3. The van der Waals surface area contributed by atoms with Crippen LogP contribution in [0.25, 0.3) is 11.4 Å². The van der Waals surface area contributed by atoms with Gasteiger partial charge in [0.2, 0.25) is 0 Å². The molecule has 0 saturated heterocycles. The van der Waals surface area contributed by atoms with E-state index in [-0.39, 0.29) is 4.90 Å². The van der Waals surface area contributed by atoms with Gasteiger partial charge in [-0.1, -0.05) is 45.8 Å². The molecule has 0 atom stereocenters. The lowest BCUT2D eigenvalue weighted by Crippen LogP contribution is -2.13. The second kappa shape index (κ2) is 5.70. The third kappa shape index (κ3) is 2.71. The third-order valence-corrected chi connectivity index (χ3v) is 5.44. The van der Waals surface area contributed by atoms with Gasteiger partial charge in [0.15, 0.2) is 5.82 Å². The van der Waals surface area contributed by atoms with E-state index in [2.05, 4.69) is 20.9 Å². The number of hydrogen-bond acceptors (Lipinski definition) is 3. The lowest BCUT2D eigenvalue weighted by atomic mass is 10.2. The zero-order valence-corrected chi connectivity index (χ0v) is 14.2. The van der Waals surface area contributed by atoms with Crippen molar-refractivity contribution < 1.29 is 8.42 Å². The maximum Gasteiger partial charge on any atom is 0.269 e. The van der Waals surface area contributed by atoms with Gasteiger partial charge in [-0.3, -0.25) is 0 Å². The Morgan fingerprint density at radius 1 is 1.09 bits per heavy atom. The minimum atomic E-state index is -3.67. The first-order chi connectivity index (χ1) is 10.5. The van der Waals surface area contributed by atoms with Crippen LogP contribution in [0.2, 0.25) is 0 Å². The van der Waals surface area contributed by atoms with Crippen molar-refractivity contribution in [3.8, 4) is 11.4 Å². The van der Waals surface area contributed by atoms with Gasteiger partial charge in [0.25, 0.3) is 10.0 Å². The van der Waals surface area contributed by atoms with E-state index in [0.717, 1.165) is 15.6 Å². The smallest absolute Gasteiger partial charge is 0.236 e. The van der Waals surface area contributed by atoms with E-state index in [9.17, 15) is 8.42 Å². The Morgan fingerprint density at radius 3 is 2.50 bits per heavy atom. The summed E-state index contributed by atoms with van der Waals surface area (Å²) < 4.78 is 27.7. The molecule has 0 amide bonds. The molecule has 0 aliphatic rings. The van der Waals surface area contributed by atoms with E-state index in [1.54, 1.807) is 24.3 Å². The molecule has 4 nitrogen and oxygen atoms in total. The minimum Gasteiger partial charge on any atom is -0.236 e. The van der Waals surface area contributed by atoms with Gasteiger partial charge >= 0.3 is 0 Å². The zero-order chi connectivity index (χ0) is 15.7. The molecule has 0 aliphatic heterocycles. The topological polar surface area (TPSA) is 52.0 Å². The van der Waals surface area contributed by atoms with Gasteiger partial charge in [-0.2, -0.15) is 0 Å². The summed E-state index contributed by atoms with van der Waals surface area (Å²) in [5.74, 6) is 0.391. The van der Waals surface area contributed by atoms with Crippen LogP contribution in [0.1, 0.15) is 5.56 Å². The first kappa shape index (κ1) is 15.0. The number of benzene rings is 2. The fourth-order valence-electron chi connectivity index (χ4n) is 2.14. The van der Waals surface area contributed by atoms with Gasteiger partial charge in [0.05, 0.1) is 4.90 Å². The number of hydrogen-bond donors (Lipinski definition) is 0. The van der Waals surface area contributed by atoms with Crippen LogP contribution in [0.5, 0.6) is 0 Å². The van der Waals surface area contributed by atoms with E-state index in [1.165, 1.54) is 16.4 Å². The first-order valence-corrected chi connectivity index (χ1v) is 8.83. The molecular formula is C16H13BrN2O2S. The third-order valence-electron chi connectivity index (χ3n) is 3.27. The van der Waals surface area contributed by atoms with Crippen LogP contribution in [0.3, 0.4) is 0 Å². The summed E-state index contributed by atoms with van der Waals surface area (Å²) in [6, 6.07) is 14.2. The molecule has 1 heterocycles. The molecule has 0 spiro atoms. The average molecular weight is 377 g/mol. The van der Waals surface area contributed by atoms with Crippen LogP contribution in [-0.4, -0.2) is 17.4 Å². The van der Waals surface area contributed by atoms with Crippen molar-refractivity contribution in [1.29, 1.82) is 0 Å². The molecule has 3 rings (SSSR count). The Labute approximate surface area is 137 Å². The highest BCUT2D eigenvalue weighted by Gasteiger charge is 2.20. The minimum absolute atomic E-state index is 0.243. The molecule has 112 valence electrons. The van der Waals surface area contributed by atoms with Crippen molar-refractivity contribution in [1.82, 2.24) is 8.96 Å². The van der Waals surface area contributed by atoms with Crippen LogP contribution in [-0.2, 0) is 10.0 Å². The molecule has 0 bridgehead atoms. The molecule has 0 N–H and O–H groups in total. The average Bonchev–Trinajstić information content (AvgIpc) is 2.98. The summed E-state index contributed by atoms with van der Waals surface area (Å²) in [6.45, 7) is 1.92. The number of nitrogens with zero attached hydrogens (tertiary/aromatic N) is 2. The van der Waals surface area contributed by atoms with Crippen molar-refractivity contribution in [3.63, 3.8) is 0 Å². The molecule has 0 unspecified atom stereocenters. The molecule has 1 aromatic heterocycles. The Morgan fingerprint density at radius 2 is 1.82 bits per heavy atom. The molecule has 22 heavy (non-hydrogen) atoms. The zero-order valence-electron chi connectivity index (χ0n) is 11.8. The van der Waals surface area contributed by atoms with E-state index in [1.807, 2.05) is 31.2 Å². The highest BCUT2D eigenvalue weighted by atomic mass is 79.9. The molecule has 0 fully saturated rings. The van der Waals surface area contributed by atoms with Crippen LogP contribution in [0.4, 0.5) is 0 Å². The molecule has 2 aromatic carbocycles. The fourth-order valence-corrected chi connectivity index (χ4v) is 3.84. The van der Waals surface area contributed by atoms with Gasteiger partial charge < -0.3 is 0 Å². The summed E-state index contributed by atoms with van der Waals surface area (Å²) in [4.78, 5) is 4.44. The number of imidazole rings is 1. The summed E-state index contributed by atoms with van der Waals surface area (Å²) >= 11 is 3.39. The van der Waals surface area contributed by atoms with Crippen LogP contribution in [0.15, 0.2) is 70.3 Å². The van der Waals surface area contributed by atoms with Crippen molar-refractivity contribution in [3.05, 3.63) is 71.0 Å². The summed E-state index contributed by atoms with van der Waals surface area (Å²) in [5.41, 5.74) is 1.74. The maximum atomic E-state index is 12.8. The Kier molecular flexibility index (Phi) is 3.88. The molecule has 0 aliphatic carbocycles. The number of aryl methyl sites for hydroxylation is 1. The predicted octanol–water partition coefficient (Wildman–Crippen LogP) is 3.86. The molecule has 0 radical (unpaired) electrons. The summed E-state index contributed by atoms with van der Waals surface area (Å²) in [5, 5.41) is 0. The normalized spacial score (nSPS) is 11.5. The summed E-state index contributed by atoms with van der Waals surface area (Å²) in [7, 11) is -3.67. The van der Waals surface area contributed by atoms with Crippen molar-refractivity contribution in [2.75, 3.05) is 0 Å². The van der Waals surface area contributed by atoms with E-state index >= 15 is 0 Å². The van der Waals surface area contributed by atoms with Crippen LogP contribution in [0, 0.1) is 6.92 Å². The van der Waals surface area contributed by atoms with Crippen molar-refractivity contribution in [2.24, 2.45) is 0 Å². The molecule has 3 aromatic rings. The first-order valence-electron chi connectivity index (χ1n) is 6.60.